The quantitative estimate of drug-likeness (QED) is 0.576. The second kappa shape index (κ2) is 7.97. The van der Waals surface area contributed by atoms with Gasteiger partial charge in [0, 0.05) is 13.1 Å². The van der Waals surface area contributed by atoms with Crippen LogP contribution in [0.25, 0.3) is 0 Å². The van der Waals surface area contributed by atoms with Gasteiger partial charge in [0.1, 0.15) is 0 Å². The fraction of sp³-hybridized carbons (Fsp3) is 0.818. The fourth-order valence-electron chi connectivity index (χ4n) is 1.26. The van der Waals surface area contributed by atoms with Crippen molar-refractivity contribution < 1.29 is 10.2 Å². The number of aliphatic hydroxyl groups is 2. The first-order valence-corrected chi connectivity index (χ1v) is 5.21. The Morgan fingerprint density at radius 2 is 2.00 bits per heavy atom. The highest BCUT2D eigenvalue weighted by Gasteiger charge is 2.07. The molecule has 2 unspecified atom stereocenters. The molecular formula is C11H23NO2. The maximum absolute atomic E-state index is 9.56. The molecule has 0 heterocycles. The van der Waals surface area contributed by atoms with E-state index in [4.69, 9.17) is 5.11 Å². The van der Waals surface area contributed by atoms with E-state index in [0.29, 0.717) is 6.54 Å². The Morgan fingerprint density at radius 3 is 2.50 bits per heavy atom. The number of aliphatic hydroxyl groups excluding tert-OH is 2. The normalized spacial score (nSPS) is 15.5. The Morgan fingerprint density at radius 1 is 1.36 bits per heavy atom. The monoisotopic (exact) mass is 201 g/mol. The van der Waals surface area contributed by atoms with Crippen molar-refractivity contribution in [1.29, 1.82) is 0 Å². The molecule has 0 spiro atoms. The number of hydrogen-bond acceptors (Lipinski definition) is 3. The Balaban J connectivity index is 3.49. The standard InChI is InChI=1S/C11H23NO2/c1-4-5-6-11(14)9-12(3)8-7-10(2)13/h4,10-11,13-14H,1,5-9H2,2-3H3. The molecule has 0 aromatic rings. The van der Waals surface area contributed by atoms with Crippen molar-refractivity contribution in [2.45, 2.75) is 38.4 Å². The van der Waals surface area contributed by atoms with Crippen LogP contribution >= 0.6 is 0 Å². The van der Waals surface area contributed by atoms with E-state index in [1.807, 2.05) is 18.0 Å². The van der Waals surface area contributed by atoms with Crippen LogP contribution < -0.4 is 0 Å². The summed E-state index contributed by atoms with van der Waals surface area (Å²) in [6.45, 7) is 6.88. The second-order valence-electron chi connectivity index (χ2n) is 3.92. The molecule has 0 saturated heterocycles. The van der Waals surface area contributed by atoms with Gasteiger partial charge in [0.05, 0.1) is 12.2 Å². The minimum Gasteiger partial charge on any atom is -0.393 e. The molecule has 3 heteroatoms. The number of hydrogen-bond donors (Lipinski definition) is 2. The van der Waals surface area contributed by atoms with Crippen molar-refractivity contribution in [1.82, 2.24) is 4.90 Å². The predicted octanol–water partition coefficient (Wildman–Crippen LogP) is 1.02. The van der Waals surface area contributed by atoms with Crippen LogP contribution in [0.3, 0.4) is 0 Å². The molecule has 0 saturated carbocycles. The Hall–Kier alpha value is -0.380. The zero-order valence-electron chi connectivity index (χ0n) is 9.32. The minimum absolute atomic E-state index is 0.261. The predicted molar refractivity (Wildman–Crippen MR) is 59.2 cm³/mol. The van der Waals surface area contributed by atoms with Gasteiger partial charge in [0.2, 0.25) is 0 Å². The van der Waals surface area contributed by atoms with E-state index in [0.717, 1.165) is 25.8 Å². The van der Waals surface area contributed by atoms with E-state index >= 15 is 0 Å². The first kappa shape index (κ1) is 13.6. The summed E-state index contributed by atoms with van der Waals surface area (Å²) >= 11 is 0. The molecule has 0 aliphatic carbocycles. The molecule has 0 rings (SSSR count). The van der Waals surface area contributed by atoms with Crippen LogP contribution in [0.2, 0.25) is 0 Å². The van der Waals surface area contributed by atoms with Gasteiger partial charge in [-0.15, -0.1) is 6.58 Å². The zero-order valence-corrected chi connectivity index (χ0v) is 9.32. The summed E-state index contributed by atoms with van der Waals surface area (Å²) in [7, 11) is 1.96. The number of likely N-dealkylation sites (N-methyl/N-ethyl adjacent to an activating group) is 1. The lowest BCUT2D eigenvalue weighted by Gasteiger charge is -2.20. The van der Waals surface area contributed by atoms with Gasteiger partial charge in [-0.05, 0) is 33.2 Å². The fourth-order valence-corrected chi connectivity index (χ4v) is 1.26. The van der Waals surface area contributed by atoms with Crippen molar-refractivity contribution >= 4 is 0 Å². The summed E-state index contributed by atoms with van der Waals surface area (Å²) in [5, 5.41) is 18.6. The van der Waals surface area contributed by atoms with E-state index in [9.17, 15) is 5.11 Å². The lowest BCUT2D eigenvalue weighted by atomic mass is 10.2. The highest BCUT2D eigenvalue weighted by Crippen LogP contribution is 2.01. The number of rotatable bonds is 8. The summed E-state index contributed by atoms with van der Waals surface area (Å²) in [6.07, 6.45) is 3.65. The third-order valence-electron chi connectivity index (χ3n) is 2.16. The van der Waals surface area contributed by atoms with Crippen molar-refractivity contribution in [3.8, 4) is 0 Å². The van der Waals surface area contributed by atoms with Crippen molar-refractivity contribution in [3.63, 3.8) is 0 Å². The van der Waals surface area contributed by atoms with Gasteiger partial charge in [-0.3, -0.25) is 0 Å². The minimum atomic E-state index is -0.285. The molecular weight excluding hydrogens is 178 g/mol. The summed E-state index contributed by atoms with van der Waals surface area (Å²) in [4.78, 5) is 2.04. The van der Waals surface area contributed by atoms with Gasteiger partial charge in [0.15, 0.2) is 0 Å². The summed E-state index contributed by atoms with van der Waals surface area (Å²) in [5.74, 6) is 0. The average molecular weight is 201 g/mol. The molecule has 0 aliphatic heterocycles. The molecule has 0 aromatic heterocycles. The molecule has 0 aliphatic rings. The van der Waals surface area contributed by atoms with E-state index in [1.165, 1.54) is 0 Å². The first-order chi connectivity index (χ1) is 6.56. The van der Waals surface area contributed by atoms with Crippen LogP contribution in [0.15, 0.2) is 12.7 Å². The Bertz CT molecular complexity index is 148. The van der Waals surface area contributed by atoms with Crippen LogP contribution in [0.1, 0.15) is 26.2 Å². The van der Waals surface area contributed by atoms with Gasteiger partial charge in [0.25, 0.3) is 0 Å². The molecule has 0 radical (unpaired) electrons. The van der Waals surface area contributed by atoms with E-state index < -0.39 is 0 Å². The SMILES string of the molecule is C=CCCC(O)CN(C)CCC(C)O. The van der Waals surface area contributed by atoms with Crippen LogP contribution in [0, 0.1) is 0 Å². The van der Waals surface area contributed by atoms with Crippen LogP contribution in [-0.2, 0) is 0 Å². The van der Waals surface area contributed by atoms with Crippen LogP contribution in [-0.4, -0.2) is 47.5 Å². The number of nitrogens with zero attached hydrogens (tertiary/aromatic N) is 1. The molecule has 2 atom stereocenters. The average Bonchev–Trinajstić information content (AvgIpc) is 2.11. The smallest absolute Gasteiger partial charge is 0.0670 e. The Kier molecular flexibility index (Phi) is 7.76. The zero-order chi connectivity index (χ0) is 11.0. The van der Waals surface area contributed by atoms with E-state index in [-0.39, 0.29) is 12.2 Å². The largest absolute Gasteiger partial charge is 0.393 e. The molecule has 0 amide bonds. The van der Waals surface area contributed by atoms with Crippen LogP contribution in [0.4, 0.5) is 0 Å². The third kappa shape index (κ3) is 8.23. The van der Waals surface area contributed by atoms with E-state index in [1.54, 1.807) is 6.92 Å². The van der Waals surface area contributed by atoms with Gasteiger partial charge in [-0.2, -0.15) is 0 Å². The molecule has 84 valence electrons. The molecule has 0 aromatic carbocycles. The molecule has 0 fully saturated rings. The lowest BCUT2D eigenvalue weighted by Crippen LogP contribution is -2.31. The van der Waals surface area contributed by atoms with Gasteiger partial charge < -0.3 is 15.1 Å². The third-order valence-corrected chi connectivity index (χ3v) is 2.16. The number of allylic oxidation sites excluding steroid dienone is 1. The topological polar surface area (TPSA) is 43.7 Å². The molecule has 0 bridgehead atoms. The van der Waals surface area contributed by atoms with Crippen molar-refractivity contribution in [3.05, 3.63) is 12.7 Å². The lowest BCUT2D eigenvalue weighted by molar-refractivity contribution is 0.106. The van der Waals surface area contributed by atoms with Gasteiger partial charge in [-0.1, -0.05) is 6.08 Å². The maximum atomic E-state index is 9.56. The van der Waals surface area contributed by atoms with E-state index in [2.05, 4.69) is 6.58 Å². The van der Waals surface area contributed by atoms with Crippen molar-refractivity contribution in [2.75, 3.05) is 20.1 Å². The second-order valence-corrected chi connectivity index (χ2v) is 3.92. The molecule has 14 heavy (non-hydrogen) atoms. The highest BCUT2D eigenvalue weighted by molar-refractivity contribution is 4.71. The van der Waals surface area contributed by atoms with Gasteiger partial charge in [-0.25, -0.2) is 0 Å². The molecule has 2 N–H and O–H groups in total. The summed E-state index contributed by atoms with van der Waals surface area (Å²) < 4.78 is 0. The van der Waals surface area contributed by atoms with Crippen molar-refractivity contribution in [2.24, 2.45) is 0 Å². The Labute approximate surface area is 87.0 Å². The maximum Gasteiger partial charge on any atom is 0.0670 e. The van der Waals surface area contributed by atoms with Crippen LogP contribution in [0.5, 0.6) is 0 Å². The van der Waals surface area contributed by atoms with Gasteiger partial charge >= 0.3 is 0 Å². The summed E-state index contributed by atoms with van der Waals surface area (Å²) in [5.41, 5.74) is 0. The summed E-state index contributed by atoms with van der Waals surface area (Å²) in [6, 6.07) is 0. The first-order valence-electron chi connectivity index (χ1n) is 5.21. The highest BCUT2D eigenvalue weighted by atomic mass is 16.3. The molecule has 3 nitrogen and oxygen atoms in total.